The van der Waals surface area contributed by atoms with E-state index < -0.39 is 6.10 Å². The van der Waals surface area contributed by atoms with Crippen LogP contribution in [0.5, 0.6) is 0 Å². The molecule has 462 valence electrons. The van der Waals surface area contributed by atoms with Gasteiger partial charge >= 0.3 is 17.9 Å². The van der Waals surface area contributed by atoms with Crippen molar-refractivity contribution in [3.05, 3.63) is 85.1 Å². The molecule has 0 aromatic rings. The minimum Gasteiger partial charge on any atom is -0.462 e. The first-order valence-corrected chi connectivity index (χ1v) is 34.6. The van der Waals surface area contributed by atoms with Crippen LogP contribution in [-0.4, -0.2) is 37.2 Å². The monoisotopic (exact) mass is 1110 g/mol. The van der Waals surface area contributed by atoms with E-state index in [1.807, 2.05) is 0 Å². The van der Waals surface area contributed by atoms with Crippen LogP contribution in [-0.2, 0) is 28.6 Å². The van der Waals surface area contributed by atoms with E-state index in [1.54, 1.807) is 0 Å². The van der Waals surface area contributed by atoms with Gasteiger partial charge in [0.05, 0.1) is 0 Å². The lowest BCUT2D eigenvalue weighted by atomic mass is 10.0. The molecule has 80 heavy (non-hydrogen) atoms. The molecule has 0 amide bonds. The molecule has 0 radical (unpaired) electrons. The third-order valence-electron chi connectivity index (χ3n) is 15.1. The SMILES string of the molecule is CC/C=C\C/C=C\C/C=C\C/C=C\CCCCCCCCC(=O)OC(COC(=O)CCCCCCCCCCCCCCCC)COC(=O)CCCCCCCCCCCCCCCC/C=C\C/C=C\C/C=C\CCCCCCC. The summed E-state index contributed by atoms with van der Waals surface area (Å²) in [6.45, 7) is 6.55. The zero-order chi connectivity index (χ0) is 57.8. The average molecular weight is 1120 g/mol. The molecule has 0 fully saturated rings. The first-order valence-electron chi connectivity index (χ1n) is 34.6. The Bertz CT molecular complexity index is 1520. The number of esters is 3. The standard InChI is InChI=1S/C74H130O6/c1-4-7-10-13-16-19-22-25-28-30-32-33-34-35-36-37-38-39-40-41-43-44-46-49-52-55-58-61-64-67-73(76)79-70-71(69-78-72(75)66-63-60-57-54-51-48-27-24-21-18-15-12-9-6-3)80-74(77)68-65-62-59-56-53-50-47-45-42-31-29-26-23-20-17-14-11-8-5-2/h8,11,17,20,22,25-26,29-30,32,34-35,42,45,71H,4-7,9-10,12-16,18-19,21,23-24,27-28,31,33,36-41,43-44,46-70H2,1-3H3/b11-8-,20-17-,25-22-,29-26-,32-30-,35-34-,45-42-. The van der Waals surface area contributed by atoms with Crippen LogP contribution in [0.4, 0.5) is 0 Å². The van der Waals surface area contributed by atoms with Crippen LogP contribution in [0, 0.1) is 0 Å². The fraction of sp³-hybridized carbons (Fsp3) is 0.770. The Morgan fingerprint density at radius 2 is 0.487 bits per heavy atom. The van der Waals surface area contributed by atoms with E-state index in [9.17, 15) is 14.4 Å². The molecular weight excluding hydrogens is 985 g/mol. The van der Waals surface area contributed by atoms with Crippen LogP contribution >= 0.6 is 0 Å². The van der Waals surface area contributed by atoms with Crippen molar-refractivity contribution in [3.8, 4) is 0 Å². The van der Waals surface area contributed by atoms with Crippen molar-refractivity contribution in [1.29, 1.82) is 0 Å². The van der Waals surface area contributed by atoms with Gasteiger partial charge in [-0.3, -0.25) is 14.4 Å². The number of hydrogen-bond acceptors (Lipinski definition) is 6. The van der Waals surface area contributed by atoms with Crippen LogP contribution in [0.1, 0.15) is 348 Å². The second kappa shape index (κ2) is 68.1. The lowest BCUT2D eigenvalue weighted by Crippen LogP contribution is -2.30. The molecule has 0 aliphatic heterocycles. The van der Waals surface area contributed by atoms with Gasteiger partial charge in [0.25, 0.3) is 0 Å². The number of ether oxygens (including phenoxy) is 3. The Balaban J connectivity index is 4.27. The van der Waals surface area contributed by atoms with Crippen molar-refractivity contribution in [2.24, 2.45) is 0 Å². The Hall–Kier alpha value is -3.41. The maximum Gasteiger partial charge on any atom is 0.306 e. The number of carbonyl (C=O) groups excluding carboxylic acids is 3. The topological polar surface area (TPSA) is 78.9 Å². The molecule has 0 N–H and O–H groups in total. The zero-order valence-electron chi connectivity index (χ0n) is 53.1. The van der Waals surface area contributed by atoms with Gasteiger partial charge in [-0.1, -0.05) is 318 Å². The molecule has 6 nitrogen and oxygen atoms in total. The minimum atomic E-state index is -0.784. The normalized spacial score (nSPS) is 12.6. The van der Waals surface area contributed by atoms with Gasteiger partial charge in [0, 0.05) is 19.3 Å². The maximum atomic E-state index is 12.9. The van der Waals surface area contributed by atoms with Gasteiger partial charge in [-0.2, -0.15) is 0 Å². The van der Waals surface area contributed by atoms with Gasteiger partial charge in [-0.05, 0) is 96.3 Å². The smallest absolute Gasteiger partial charge is 0.306 e. The molecular formula is C74H130O6. The highest BCUT2D eigenvalue weighted by molar-refractivity contribution is 5.71. The van der Waals surface area contributed by atoms with Crippen LogP contribution in [0.3, 0.4) is 0 Å². The maximum absolute atomic E-state index is 12.9. The zero-order valence-corrected chi connectivity index (χ0v) is 53.1. The van der Waals surface area contributed by atoms with Crippen molar-refractivity contribution in [1.82, 2.24) is 0 Å². The summed E-state index contributed by atoms with van der Waals surface area (Å²) in [5, 5.41) is 0. The molecule has 0 heterocycles. The van der Waals surface area contributed by atoms with Crippen molar-refractivity contribution in [2.45, 2.75) is 354 Å². The van der Waals surface area contributed by atoms with Crippen molar-refractivity contribution in [2.75, 3.05) is 13.2 Å². The van der Waals surface area contributed by atoms with Gasteiger partial charge in [0.1, 0.15) is 13.2 Å². The van der Waals surface area contributed by atoms with Gasteiger partial charge in [0.2, 0.25) is 0 Å². The number of rotatable bonds is 63. The quantitative estimate of drug-likeness (QED) is 0.0261. The molecule has 0 spiro atoms. The Labute approximate surface area is 496 Å². The first kappa shape index (κ1) is 76.6. The van der Waals surface area contributed by atoms with Crippen LogP contribution in [0.2, 0.25) is 0 Å². The van der Waals surface area contributed by atoms with E-state index >= 15 is 0 Å². The fourth-order valence-electron chi connectivity index (χ4n) is 9.97. The molecule has 0 saturated heterocycles. The molecule has 0 aliphatic carbocycles. The second-order valence-corrected chi connectivity index (χ2v) is 23.1. The first-order chi connectivity index (χ1) is 39.5. The fourth-order valence-corrected chi connectivity index (χ4v) is 9.97. The predicted molar refractivity (Wildman–Crippen MR) is 348 cm³/mol. The highest BCUT2D eigenvalue weighted by Crippen LogP contribution is 2.17. The summed E-state index contributed by atoms with van der Waals surface area (Å²) < 4.78 is 17.0. The van der Waals surface area contributed by atoms with E-state index in [0.717, 1.165) is 109 Å². The van der Waals surface area contributed by atoms with Crippen LogP contribution < -0.4 is 0 Å². The number of allylic oxidation sites excluding steroid dienone is 14. The van der Waals surface area contributed by atoms with Gasteiger partial charge < -0.3 is 14.2 Å². The summed E-state index contributed by atoms with van der Waals surface area (Å²) in [6, 6.07) is 0. The lowest BCUT2D eigenvalue weighted by molar-refractivity contribution is -0.167. The van der Waals surface area contributed by atoms with E-state index in [1.165, 1.54) is 199 Å². The van der Waals surface area contributed by atoms with Gasteiger partial charge in [-0.15, -0.1) is 0 Å². The summed E-state index contributed by atoms with van der Waals surface area (Å²) in [6.07, 6.45) is 90.3. The molecule has 0 aliphatic rings. The molecule has 0 aromatic heterocycles. The summed E-state index contributed by atoms with van der Waals surface area (Å²) in [5.74, 6) is -0.876. The summed E-state index contributed by atoms with van der Waals surface area (Å²) >= 11 is 0. The van der Waals surface area contributed by atoms with Crippen molar-refractivity contribution in [3.63, 3.8) is 0 Å². The number of hydrogen-bond donors (Lipinski definition) is 0. The third kappa shape index (κ3) is 65.4. The average Bonchev–Trinajstić information content (AvgIpc) is 3.46. The van der Waals surface area contributed by atoms with Crippen LogP contribution in [0.15, 0.2) is 85.1 Å². The molecule has 0 aromatic carbocycles. The molecule has 0 saturated carbocycles. The Morgan fingerprint density at radius 1 is 0.263 bits per heavy atom. The largest absolute Gasteiger partial charge is 0.462 e. The molecule has 1 atom stereocenters. The van der Waals surface area contributed by atoms with Crippen molar-refractivity contribution >= 4 is 17.9 Å². The van der Waals surface area contributed by atoms with Crippen LogP contribution in [0.25, 0.3) is 0 Å². The molecule has 6 heteroatoms. The highest BCUT2D eigenvalue weighted by atomic mass is 16.6. The molecule has 1 unspecified atom stereocenters. The van der Waals surface area contributed by atoms with Crippen molar-refractivity contribution < 1.29 is 28.6 Å². The predicted octanol–water partition coefficient (Wildman–Crippen LogP) is 23.8. The number of carbonyl (C=O) groups is 3. The van der Waals surface area contributed by atoms with E-state index in [4.69, 9.17) is 14.2 Å². The number of unbranched alkanes of at least 4 members (excludes halogenated alkanes) is 38. The van der Waals surface area contributed by atoms with E-state index in [0.29, 0.717) is 19.3 Å². The Kier molecular flexibility index (Phi) is 65.2. The highest BCUT2D eigenvalue weighted by Gasteiger charge is 2.19. The third-order valence-corrected chi connectivity index (χ3v) is 15.1. The van der Waals surface area contributed by atoms with Gasteiger partial charge in [0.15, 0.2) is 6.10 Å². The minimum absolute atomic E-state index is 0.0788. The summed E-state index contributed by atoms with van der Waals surface area (Å²) in [7, 11) is 0. The lowest BCUT2D eigenvalue weighted by Gasteiger charge is -2.18. The molecule has 0 rings (SSSR count). The van der Waals surface area contributed by atoms with E-state index in [-0.39, 0.29) is 31.1 Å². The van der Waals surface area contributed by atoms with E-state index in [2.05, 4.69) is 106 Å². The Morgan fingerprint density at radius 3 is 0.762 bits per heavy atom. The summed E-state index contributed by atoms with van der Waals surface area (Å²) in [5.41, 5.74) is 0. The molecule has 0 bridgehead atoms. The van der Waals surface area contributed by atoms with Gasteiger partial charge in [-0.25, -0.2) is 0 Å². The summed E-state index contributed by atoms with van der Waals surface area (Å²) in [4.78, 5) is 38.4. The second-order valence-electron chi connectivity index (χ2n) is 23.1.